The summed E-state index contributed by atoms with van der Waals surface area (Å²) in [6, 6.07) is 0. The number of nitrogens with two attached hydrogens (primary N) is 1. The number of hydrogen-bond acceptors (Lipinski definition) is 3. The Labute approximate surface area is 64.0 Å². The highest BCUT2D eigenvalue weighted by Crippen LogP contribution is 1.65. The van der Waals surface area contributed by atoms with Gasteiger partial charge in [0, 0.05) is 6.21 Å². The molecule has 5 nitrogen and oxygen atoms in total. The van der Waals surface area contributed by atoms with E-state index in [2.05, 4.69) is 10.8 Å². The summed E-state index contributed by atoms with van der Waals surface area (Å²) in [7, 11) is 0. The molecule has 0 rings (SSSR count). The second-order valence-electron chi connectivity index (χ2n) is 1.61. The molecule has 0 aliphatic carbocycles. The molecule has 0 bridgehead atoms. The first-order chi connectivity index (χ1) is 5.18. The molecule has 0 aromatic rings. The van der Waals surface area contributed by atoms with Crippen molar-refractivity contribution in [2.24, 2.45) is 10.8 Å². The van der Waals surface area contributed by atoms with Gasteiger partial charge in [0.05, 0.1) is 0 Å². The van der Waals surface area contributed by atoms with Crippen molar-refractivity contribution in [3.05, 3.63) is 12.2 Å². The Hall–Kier alpha value is -1.65. The summed E-state index contributed by atoms with van der Waals surface area (Å²) in [4.78, 5) is 20.5. The van der Waals surface area contributed by atoms with Gasteiger partial charge in [-0.05, 0) is 13.0 Å². The third kappa shape index (κ3) is 4.83. The van der Waals surface area contributed by atoms with Crippen molar-refractivity contribution in [1.82, 2.24) is 5.43 Å². The molecule has 5 heteroatoms. The molecule has 0 saturated heterocycles. The Bertz CT molecular complexity index is 208. The predicted octanol–water partition coefficient (Wildman–Crippen LogP) is -0.850. The van der Waals surface area contributed by atoms with E-state index in [1.54, 1.807) is 19.1 Å². The summed E-state index contributed by atoms with van der Waals surface area (Å²) in [6.07, 6.45) is 4.65. The van der Waals surface area contributed by atoms with Crippen molar-refractivity contribution in [3.63, 3.8) is 0 Å². The van der Waals surface area contributed by atoms with E-state index in [1.165, 1.54) is 6.21 Å². The van der Waals surface area contributed by atoms with Gasteiger partial charge in [-0.2, -0.15) is 5.10 Å². The number of nitrogens with one attached hydrogen (secondary N) is 1. The quantitative estimate of drug-likeness (QED) is 0.309. The van der Waals surface area contributed by atoms with Crippen molar-refractivity contribution >= 4 is 18.0 Å². The molecule has 0 saturated carbocycles. The monoisotopic (exact) mass is 155 g/mol. The summed E-state index contributed by atoms with van der Waals surface area (Å²) >= 11 is 0. The maximum atomic E-state index is 10.4. The number of carbonyl (C=O) groups is 2. The van der Waals surface area contributed by atoms with Gasteiger partial charge in [0.2, 0.25) is 0 Å². The number of primary amides is 1. The summed E-state index contributed by atoms with van der Waals surface area (Å²) < 4.78 is 0. The highest BCUT2D eigenvalue weighted by Gasteiger charge is 2.04. The second-order valence-corrected chi connectivity index (χ2v) is 1.61. The number of allylic oxidation sites excluding steroid dienone is 2. The number of rotatable bonds is 2. The van der Waals surface area contributed by atoms with Crippen LogP contribution in [0.5, 0.6) is 0 Å². The Morgan fingerprint density at radius 3 is 2.64 bits per heavy atom. The molecular weight excluding hydrogens is 146 g/mol. The largest absolute Gasteiger partial charge is 0.361 e. The smallest absolute Gasteiger partial charge is 0.329 e. The molecular formula is C6H9N3O2. The van der Waals surface area contributed by atoms with Crippen LogP contribution >= 0.6 is 0 Å². The number of nitrogens with zero attached hydrogens (tertiary/aromatic N) is 1. The van der Waals surface area contributed by atoms with E-state index in [0.717, 1.165) is 0 Å². The molecule has 0 aromatic heterocycles. The molecule has 0 aliphatic rings. The lowest BCUT2D eigenvalue weighted by atomic mass is 10.6. The molecule has 0 unspecified atom stereocenters. The molecule has 0 fully saturated rings. The zero-order chi connectivity index (χ0) is 8.69. The van der Waals surface area contributed by atoms with Crippen LogP contribution in [0.3, 0.4) is 0 Å². The minimum atomic E-state index is -1.05. The maximum Gasteiger partial charge on any atom is 0.329 e. The third-order valence-electron chi connectivity index (χ3n) is 0.743. The normalized spacial score (nSPS) is 10.6. The maximum absolute atomic E-state index is 10.4. The molecule has 3 N–H and O–H groups in total. The predicted molar refractivity (Wildman–Crippen MR) is 40.6 cm³/mol. The molecule has 0 heterocycles. The van der Waals surface area contributed by atoms with Gasteiger partial charge in [-0.15, -0.1) is 0 Å². The number of hydrogen-bond donors (Lipinski definition) is 2. The lowest BCUT2D eigenvalue weighted by molar-refractivity contribution is -0.137. The fourth-order valence-electron chi connectivity index (χ4n) is 0.280. The van der Waals surface area contributed by atoms with Gasteiger partial charge in [-0.3, -0.25) is 9.59 Å². The van der Waals surface area contributed by atoms with E-state index in [4.69, 9.17) is 0 Å². The van der Waals surface area contributed by atoms with Crippen LogP contribution in [0.15, 0.2) is 17.3 Å². The zero-order valence-electron chi connectivity index (χ0n) is 6.07. The fraction of sp³-hybridized carbons (Fsp3) is 0.167. The first kappa shape index (κ1) is 9.35. The molecule has 60 valence electrons. The Morgan fingerprint density at radius 2 is 2.18 bits per heavy atom. The first-order valence-electron chi connectivity index (χ1n) is 2.92. The molecule has 0 spiro atoms. The first-order valence-corrected chi connectivity index (χ1v) is 2.92. The fourth-order valence-corrected chi connectivity index (χ4v) is 0.280. The van der Waals surface area contributed by atoms with Crippen LogP contribution in [0, 0.1) is 0 Å². The average molecular weight is 155 g/mol. The SMILES string of the molecule is CC=CC=NNC(=O)C(N)=O. The lowest BCUT2D eigenvalue weighted by Gasteiger charge is -1.89. The van der Waals surface area contributed by atoms with Crippen molar-refractivity contribution in [2.45, 2.75) is 6.92 Å². The van der Waals surface area contributed by atoms with Gasteiger partial charge in [-0.25, -0.2) is 5.43 Å². The van der Waals surface area contributed by atoms with E-state index >= 15 is 0 Å². The highest BCUT2D eigenvalue weighted by molar-refractivity contribution is 6.34. The standard InChI is InChI=1S/C6H9N3O2/c1-2-3-4-8-9-6(11)5(7)10/h2-4H,1H3,(H2,7,10)(H,9,11). The van der Waals surface area contributed by atoms with Crippen molar-refractivity contribution in [2.75, 3.05) is 0 Å². The average Bonchev–Trinajstić information content (AvgIpc) is 1.97. The summed E-state index contributed by atoms with van der Waals surface area (Å²) in [5.41, 5.74) is 6.53. The van der Waals surface area contributed by atoms with Crippen LogP contribution in [0.2, 0.25) is 0 Å². The third-order valence-corrected chi connectivity index (χ3v) is 0.743. The Kier molecular flexibility index (Phi) is 4.39. The highest BCUT2D eigenvalue weighted by atomic mass is 16.2. The van der Waals surface area contributed by atoms with Crippen molar-refractivity contribution in [3.8, 4) is 0 Å². The zero-order valence-corrected chi connectivity index (χ0v) is 6.07. The molecule has 0 aliphatic heterocycles. The van der Waals surface area contributed by atoms with Gasteiger partial charge in [0.15, 0.2) is 0 Å². The van der Waals surface area contributed by atoms with Gasteiger partial charge >= 0.3 is 11.8 Å². The van der Waals surface area contributed by atoms with Crippen LogP contribution in [-0.4, -0.2) is 18.0 Å². The summed E-state index contributed by atoms with van der Waals surface area (Å²) in [5.74, 6) is -1.98. The van der Waals surface area contributed by atoms with Crippen LogP contribution < -0.4 is 11.2 Å². The van der Waals surface area contributed by atoms with Gasteiger partial charge in [-0.1, -0.05) is 6.08 Å². The summed E-state index contributed by atoms with van der Waals surface area (Å²) in [6.45, 7) is 1.79. The van der Waals surface area contributed by atoms with E-state index in [1.807, 2.05) is 5.43 Å². The molecule has 11 heavy (non-hydrogen) atoms. The van der Waals surface area contributed by atoms with Crippen molar-refractivity contribution < 1.29 is 9.59 Å². The van der Waals surface area contributed by atoms with Crippen LogP contribution in [-0.2, 0) is 9.59 Å². The second kappa shape index (κ2) is 5.16. The van der Waals surface area contributed by atoms with Gasteiger partial charge in [0.25, 0.3) is 0 Å². The minimum absolute atomic E-state index is 0.925. The molecule has 0 radical (unpaired) electrons. The minimum Gasteiger partial charge on any atom is -0.361 e. The van der Waals surface area contributed by atoms with Crippen LogP contribution in [0.1, 0.15) is 6.92 Å². The van der Waals surface area contributed by atoms with Crippen LogP contribution in [0.4, 0.5) is 0 Å². The van der Waals surface area contributed by atoms with E-state index < -0.39 is 11.8 Å². The Morgan fingerprint density at radius 1 is 1.55 bits per heavy atom. The van der Waals surface area contributed by atoms with Gasteiger partial charge < -0.3 is 5.73 Å². The van der Waals surface area contributed by atoms with E-state index in [-0.39, 0.29) is 0 Å². The van der Waals surface area contributed by atoms with E-state index in [9.17, 15) is 9.59 Å². The lowest BCUT2D eigenvalue weighted by Crippen LogP contribution is -2.32. The number of carbonyl (C=O) groups excluding carboxylic acids is 2. The van der Waals surface area contributed by atoms with Crippen LogP contribution in [0.25, 0.3) is 0 Å². The number of amides is 2. The molecule has 0 atom stereocenters. The summed E-state index contributed by atoms with van der Waals surface area (Å²) in [5, 5.41) is 3.37. The topological polar surface area (TPSA) is 84.6 Å². The number of hydrazone groups is 1. The van der Waals surface area contributed by atoms with Gasteiger partial charge in [0.1, 0.15) is 0 Å². The Balaban J connectivity index is 3.71. The van der Waals surface area contributed by atoms with Crippen molar-refractivity contribution in [1.29, 1.82) is 0 Å². The molecule has 2 amide bonds. The van der Waals surface area contributed by atoms with E-state index in [0.29, 0.717) is 0 Å². The molecule has 0 aromatic carbocycles.